The predicted molar refractivity (Wildman–Crippen MR) is 103 cm³/mol. The van der Waals surface area contributed by atoms with Crippen LogP contribution in [-0.2, 0) is 0 Å². The molecule has 0 amide bonds. The number of hydrogen-bond acceptors (Lipinski definition) is 1. The van der Waals surface area contributed by atoms with Crippen molar-refractivity contribution in [1.29, 1.82) is 0 Å². The summed E-state index contributed by atoms with van der Waals surface area (Å²) in [5, 5.41) is 0. The lowest BCUT2D eigenvalue weighted by Gasteiger charge is -2.40. The predicted octanol–water partition coefficient (Wildman–Crippen LogP) is 5.92. The maximum atomic E-state index is 6.36. The number of fused-ring (bicyclic) bond motifs is 1. The third kappa shape index (κ3) is 3.57. The van der Waals surface area contributed by atoms with Crippen LogP contribution in [0.15, 0.2) is 35.5 Å². The first-order chi connectivity index (χ1) is 11.8. The van der Waals surface area contributed by atoms with Gasteiger partial charge in [-0.1, -0.05) is 54.7 Å². The summed E-state index contributed by atoms with van der Waals surface area (Å²) in [6.07, 6.45) is 26.3. The summed E-state index contributed by atoms with van der Waals surface area (Å²) in [7, 11) is 0. The molecule has 0 aliphatic heterocycles. The minimum absolute atomic E-state index is 0.455. The zero-order chi connectivity index (χ0) is 16.4. The highest BCUT2D eigenvalue weighted by atomic mass is 14.7. The van der Waals surface area contributed by atoms with Crippen molar-refractivity contribution in [2.75, 3.05) is 0 Å². The highest BCUT2D eigenvalue weighted by Crippen LogP contribution is 2.46. The summed E-state index contributed by atoms with van der Waals surface area (Å²) in [6, 6.07) is 0.455. The maximum Gasteiger partial charge on any atom is 0.00702 e. The lowest BCUT2D eigenvalue weighted by Crippen LogP contribution is -2.33. The number of hydrogen-bond donors (Lipinski definition) is 1. The molecule has 2 fully saturated rings. The first-order valence-corrected chi connectivity index (χ1v) is 10.6. The van der Waals surface area contributed by atoms with Crippen LogP contribution in [0, 0.1) is 23.7 Å². The molecule has 4 aliphatic carbocycles. The van der Waals surface area contributed by atoms with Gasteiger partial charge in [0, 0.05) is 6.04 Å². The molecule has 5 unspecified atom stereocenters. The van der Waals surface area contributed by atoms with Crippen molar-refractivity contribution in [3.63, 3.8) is 0 Å². The molecule has 4 aliphatic rings. The van der Waals surface area contributed by atoms with Crippen molar-refractivity contribution in [2.45, 2.75) is 83.1 Å². The van der Waals surface area contributed by atoms with E-state index in [1.165, 1.54) is 77.0 Å². The molecular weight excluding hydrogens is 290 g/mol. The van der Waals surface area contributed by atoms with Gasteiger partial charge in [0.05, 0.1) is 0 Å². The highest BCUT2D eigenvalue weighted by Gasteiger charge is 2.34. The van der Waals surface area contributed by atoms with Crippen LogP contribution >= 0.6 is 0 Å². The van der Waals surface area contributed by atoms with Gasteiger partial charge in [0.1, 0.15) is 0 Å². The number of rotatable bonds is 3. The van der Waals surface area contributed by atoms with E-state index in [0.29, 0.717) is 6.04 Å². The largest absolute Gasteiger partial charge is 0.327 e. The van der Waals surface area contributed by atoms with Crippen molar-refractivity contribution < 1.29 is 0 Å². The molecule has 1 heteroatoms. The van der Waals surface area contributed by atoms with E-state index in [0.717, 1.165) is 23.7 Å². The summed E-state index contributed by atoms with van der Waals surface area (Å²) >= 11 is 0. The SMILES string of the molecule is NC1CCCCC1CC1=CC=C(C2CCCC3CCC=CC32)CC1. The Balaban J connectivity index is 1.42. The second kappa shape index (κ2) is 7.60. The lowest BCUT2D eigenvalue weighted by atomic mass is 9.64. The van der Waals surface area contributed by atoms with Crippen LogP contribution < -0.4 is 5.73 Å². The summed E-state index contributed by atoms with van der Waals surface area (Å²) in [4.78, 5) is 0. The second-order valence-electron chi connectivity index (χ2n) is 8.86. The lowest BCUT2D eigenvalue weighted by molar-refractivity contribution is 0.198. The fourth-order valence-electron chi connectivity index (χ4n) is 5.94. The van der Waals surface area contributed by atoms with Crippen LogP contribution in [0.5, 0.6) is 0 Å². The van der Waals surface area contributed by atoms with E-state index in [4.69, 9.17) is 5.73 Å². The minimum atomic E-state index is 0.455. The normalized spacial score (nSPS) is 39.8. The smallest absolute Gasteiger partial charge is 0.00702 e. The van der Waals surface area contributed by atoms with Gasteiger partial charge in [-0.25, -0.2) is 0 Å². The molecule has 0 bridgehead atoms. The molecule has 0 saturated heterocycles. The maximum absolute atomic E-state index is 6.36. The van der Waals surface area contributed by atoms with Gasteiger partial charge in [0.2, 0.25) is 0 Å². The monoisotopic (exact) mass is 325 g/mol. The molecule has 0 aromatic carbocycles. The van der Waals surface area contributed by atoms with E-state index in [2.05, 4.69) is 24.3 Å². The van der Waals surface area contributed by atoms with Gasteiger partial charge < -0.3 is 5.73 Å². The third-order valence-electron chi connectivity index (χ3n) is 7.40. The first kappa shape index (κ1) is 16.6. The zero-order valence-corrected chi connectivity index (χ0v) is 15.3. The molecule has 4 rings (SSSR count). The zero-order valence-electron chi connectivity index (χ0n) is 15.3. The molecule has 0 aromatic rings. The fourth-order valence-corrected chi connectivity index (χ4v) is 5.94. The quantitative estimate of drug-likeness (QED) is 0.640. The Labute approximate surface area is 148 Å². The van der Waals surface area contributed by atoms with E-state index in [9.17, 15) is 0 Å². The van der Waals surface area contributed by atoms with E-state index in [1.807, 2.05) is 0 Å². The van der Waals surface area contributed by atoms with Crippen molar-refractivity contribution in [3.8, 4) is 0 Å². The average molecular weight is 326 g/mol. The van der Waals surface area contributed by atoms with Crippen LogP contribution in [0.1, 0.15) is 77.0 Å². The topological polar surface area (TPSA) is 26.0 Å². The van der Waals surface area contributed by atoms with Gasteiger partial charge in [-0.3, -0.25) is 0 Å². The van der Waals surface area contributed by atoms with Crippen molar-refractivity contribution in [2.24, 2.45) is 29.4 Å². The highest BCUT2D eigenvalue weighted by molar-refractivity contribution is 5.28. The summed E-state index contributed by atoms with van der Waals surface area (Å²) in [5.74, 6) is 3.41. The van der Waals surface area contributed by atoms with Crippen molar-refractivity contribution in [3.05, 3.63) is 35.5 Å². The third-order valence-corrected chi connectivity index (χ3v) is 7.40. The summed E-state index contributed by atoms with van der Waals surface area (Å²) in [5.41, 5.74) is 9.79. The molecule has 0 radical (unpaired) electrons. The van der Waals surface area contributed by atoms with Gasteiger partial charge in [0.25, 0.3) is 0 Å². The molecule has 0 spiro atoms. The molecule has 5 atom stereocenters. The molecule has 2 N–H and O–H groups in total. The van der Waals surface area contributed by atoms with Gasteiger partial charge >= 0.3 is 0 Å². The Hall–Kier alpha value is -0.820. The molecule has 2 saturated carbocycles. The second-order valence-corrected chi connectivity index (χ2v) is 8.86. The van der Waals surface area contributed by atoms with Gasteiger partial charge in [-0.2, -0.15) is 0 Å². The Morgan fingerprint density at radius 2 is 1.83 bits per heavy atom. The Morgan fingerprint density at radius 3 is 2.67 bits per heavy atom. The molecule has 24 heavy (non-hydrogen) atoms. The minimum Gasteiger partial charge on any atom is -0.327 e. The van der Waals surface area contributed by atoms with Gasteiger partial charge in [-0.05, 0) is 81.5 Å². The standard InChI is InChI=1S/C23H35N/c24-23-11-4-2-7-20(23)16-17-12-14-19(15-13-17)22-10-5-8-18-6-1-3-9-21(18)22/h3,9,12,14,18,20-23H,1-2,4-8,10-11,13,15-16,24H2. The van der Waals surface area contributed by atoms with Crippen LogP contribution in [0.4, 0.5) is 0 Å². The van der Waals surface area contributed by atoms with Crippen LogP contribution in [0.3, 0.4) is 0 Å². The van der Waals surface area contributed by atoms with Gasteiger partial charge in [0.15, 0.2) is 0 Å². The van der Waals surface area contributed by atoms with Gasteiger partial charge in [-0.15, -0.1) is 0 Å². The average Bonchev–Trinajstić information content (AvgIpc) is 2.64. The fraction of sp³-hybridized carbons (Fsp3) is 0.739. The molecule has 0 aromatic heterocycles. The molecule has 0 heterocycles. The molecule has 1 nitrogen and oxygen atoms in total. The van der Waals surface area contributed by atoms with Crippen LogP contribution in [0.2, 0.25) is 0 Å². The van der Waals surface area contributed by atoms with E-state index in [1.54, 1.807) is 11.1 Å². The Bertz CT molecular complexity index is 526. The van der Waals surface area contributed by atoms with Crippen LogP contribution in [-0.4, -0.2) is 6.04 Å². The van der Waals surface area contributed by atoms with E-state index < -0.39 is 0 Å². The first-order valence-electron chi connectivity index (χ1n) is 10.6. The van der Waals surface area contributed by atoms with Crippen molar-refractivity contribution >= 4 is 0 Å². The number of allylic oxidation sites excluding steroid dienone is 6. The van der Waals surface area contributed by atoms with Crippen molar-refractivity contribution in [1.82, 2.24) is 0 Å². The van der Waals surface area contributed by atoms with E-state index >= 15 is 0 Å². The summed E-state index contributed by atoms with van der Waals surface area (Å²) < 4.78 is 0. The van der Waals surface area contributed by atoms with E-state index in [-0.39, 0.29) is 0 Å². The van der Waals surface area contributed by atoms with Crippen LogP contribution in [0.25, 0.3) is 0 Å². The Kier molecular flexibility index (Phi) is 5.27. The summed E-state index contributed by atoms with van der Waals surface area (Å²) in [6.45, 7) is 0. The molecule has 132 valence electrons. The number of nitrogens with two attached hydrogens (primary N) is 1. The Morgan fingerprint density at radius 1 is 0.917 bits per heavy atom. The molecular formula is C23H35N.